The van der Waals surface area contributed by atoms with Crippen LogP contribution in [0.1, 0.15) is 6.42 Å². The van der Waals surface area contributed by atoms with Crippen molar-refractivity contribution >= 4 is 11.9 Å². The van der Waals surface area contributed by atoms with Gasteiger partial charge in [-0.15, -0.1) is 0 Å². The van der Waals surface area contributed by atoms with E-state index < -0.39 is 0 Å². The van der Waals surface area contributed by atoms with Gasteiger partial charge in [0.25, 0.3) is 0 Å². The molecule has 1 aliphatic rings. The average molecular weight is 240 g/mol. The fraction of sp³-hybridized carbons (Fsp3) is 0.667. The maximum Gasteiger partial charge on any atom is 0.323 e. The van der Waals surface area contributed by atoms with Crippen LogP contribution in [0.3, 0.4) is 0 Å². The fourth-order valence-corrected chi connectivity index (χ4v) is 1.42. The SMILES string of the molecule is CN(C)c1nc(NN)nc(OC2CCOC2)n1. The summed E-state index contributed by atoms with van der Waals surface area (Å²) in [5, 5.41) is 0. The van der Waals surface area contributed by atoms with Gasteiger partial charge < -0.3 is 14.4 Å². The second-order valence-electron chi connectivity index (χ2n) is 3.88. The zero-order valence-electron chi connectivity index (χ0n) is 9.88. The lowest BCUT2D eigenvalue weighted by molar-refractivity contribution is 0.134. The normalized spacial score (nSPS) is 19.1. The van der Waals surface area contributed by atoms with Gasteiger partial charge in [0.1, 0.15) is 6.10 Å². The minimum atomic E-state index is -0.00182. The number of hydrogen-bond donors (Lipinski definition) is 2. The van der Waals surface area contributed by atoms with Crippen LogP contribution in [0.2, 0.25) is 0 Å². The molecule has 1 unspecified atom stereocenters. The Morgan fingerprint density at radius 1 is 1.41 bits per heavy atom. The Hall–Kier alpha value is -1.67. The second kappa shape index (κ2) is 5.11. The molecule has 1 aromatic heterocycles. The van der Waals surface area contributed by atoms with E-state index in [1.54, 1.807) is 4.90 Å². The largest absolute Gasteiger partial charge is 0.457 e. The highest BCUT2D eigenvalue weighted by Gasteiger charge is 2.19. The number of nitrogens with two attached hydrogens (primary N) is 1. The van der Waals surface area contributed by atoms with E-state index in [0.717, 1.165) is 6.42 Å². The van der Waals surface area contributed by atoms with Gasteiger partial charge in [-0.1, -0.05) is 0 Å². The summed E-state index contributed by atoms with van der Waals surface area (Å²) in [6, 6.07) is 0.257. The molecule has 1 fully saturated rings. The van der Waals surface area contributed by atoms with Gasteiger partial charge in [-0.25, -0.2) is 5.84 Å². The lowest BCUT2D eigenvalue weighted by Gasteiger charge is -2.14. The van der Waals surface area contributed by atoms with E-state index in [2.05, 4.69) is 20.4 Å². The van der Waals surface area contributed by atoms with Crippen molar-refractivity contribution in [2.24, 2.45) is 5.84 Å². The van der Waals surface area contributed by atoms with Crippen LogP contribution in [0.15, 0.2) is 0 Å². The van der Waals surface area contributed by atoms with Crippen molar-refractivity contribution < 1.29 is 9.47 Å². The quantitative estimate of drug-likeness (QED) is 0.531. The molecule has 3 N–H and O–H groups in total. The predicted octanol–water partition coefficient (Wildman–Crippen LogP) is -0.609. The Kier molecular flexibility index (Phi) is 3.55. The van der Waals surface area contributed by atoms with E-state index in [4.69, 9.17) is 15.3 Å². The molecule has 1 aliphatic heterocycles. The molecule has 94 valence electrons. The zero-order valence-corrected chi connectivity index (χ0v) is 9.88. The van der Waals surface area contributed by atoms with E-state index in [1.807, 2.05) is 14.1 Å². The molecule has 0 saturated carbocycles. The first-order valence-electron chi connectivity index (χ1n) is 5.33. The summed E-state index contributed by atoms with van der Waals surface area (Å²) < 4.78 is 10.8. The van der Waals surface area contributed by atoms with Crippen molar-refractivity contribution in [3.63, 3.8) is 0 Å². The number of rotatable bonds is 4. The van der Waals surface area contributed by atoms with Crippen LogP contribution in [-0.4, -0.2) is 48.4 Å². The van der Waals surface area contributed by atoms with Crippen molar-refractivity contribution in [1.82, 2.24) is 15.0 Å². The lowest BCUT2D eigenvalue weighted by atomic mass is 10.3. The first-order valence-corrected chi connectivity index (χ1v) is 5.33. The number of nitrogens with one attached hydrogen (secondary N) is 1. The molecular weight excluding hydrogens is 224 g/mol. The van der Waals surface area contributed by atoms with Gasteiger partial charge in [-0.05, 0) is 0 Å². The Balaban J connectivity index is 2.16. The maximum atomic E-state index is 5.60. The van der Waals surface area contributed by atoms with E-state index in [1.165, 1.54) is 0 Å². The maximum absolute atomic E-state index is 5.60. The van der Waals surface area contributed by atoms with Crippen molar-refractivity contribution in [3.8, 4) is 6.01 Å². The van der Waals surface area contributed by atoms with Gasteiger partial charge in [0.05, 0.1) is 13.2 Å². The third-order valence-corrected chi connectivity index (χ3v) is 2.29. The molecule has 8 nitrogen and oxygen atoms in total. The van der Waals surface area contributed by atoms with Gasteiger partial charge in [0.15, 0.2) is 0 Å². The van der Waals surface area contributed by atoms with Crippen LogP contribution in [0.25, 0.3) is 0 Å². The van der Waals surface area contributed by atoms with E-state index >= 15 is 0 Å². The van der Waals surface area contributed by atoms with E-state index in [0.29, 0.717) is 19.2 Å². The smallest absolute Gasteiger partial charge is 0.323 e. The number of nitrogens with zero attached hydrogens (tertiary/aromatic N) is 4. The number of ether oxygens (including phenoxy) is 2. The third-order valence-electron chi connectivity index (χ3n) is 2.29. The van der Waals surface area contributed by atoms with Gasteiger partial charge in [-0.3, -0.25) is 5.43 Å². The minimum absolute atomic E-state index is 0.00182. The van der Waals surface area contributed by atoms with Gasteiger partial charge in [0.2, 0.25) is 11.9 Å². The van der Waals surface area contributed by atoms with Crippen molar-refractivity contribution in [3.05, 3.63) is 0 Å². The Morgan fingerprint density at radius 2 is 2.24 bits per heavy atom. The molecule has 0 radical (unpaired) electrons. The first kappa shape index (κ1) is 11.8. The molecule has 2 heterocycles. The topological polar surface area (TPSA) is 98.4 Å². The molecule has 1 aromatic rings. The molecule has 8 heteroatoms. The highest BCUT2D eigenvalue weighted by Crippen LogP contribution is 2.16. The predicted molar refractivity (Wildman–Crippen MR) is 61.8 cm³/mol. The van der Waals surface area contributed by atoms with Crippen molar-refractivity contribution in [1.29, 1.82) is 0 Å². The molecule has 2 rings (SSSR count). The molecule has 0 bridgehead atoms. The highest BCUT2D eigenvalue weighted by molar-refractivity contribution is 5.36. The summed E-state index contributed by atoms with van der Waals surface area (Å²) in [5.74, 6) is 6.06. The van der Waals surface area contributed by atoms with Crippen LogP contribution in [-0.2, 0) is 4.74 Å². The molecule has 1 atom stereocenters. The molecule has 17 heavy (non-hydrogen) atoms. The fourth-order valence-electron chi connectivity index (χ4n) is 1.42. The van der Waals surface area contributed by atoms with E-state index in [-0.39, 0.29) is 18.1 Å². The second-order valence-corrected chi connectivity index (χ2v) is 3.88. The molecular formula is C9H16N6O2. The van der Waals surface area contributed by atoms with E-state index in [9.17, 15) is 0 Å². The highest BCUT2D eigenvalue weighted by atomic mass is 16.6. The van der Waals surface area contributed by atoms with Gasteiger partial charge in [-0.2, -0.15) is 15.0 Å². The Labute approximate surface area is 99.1 Å². The summed E-state index contributed by atoms with van der Waals surface area (Å²) >= 11 is 0. The number of hydrogen-bond acceptors (Lipinski definition) is 8. The zero-order chi connectivity index (χ0) is 12.3. The monoisotopic (exact) mass is 240 g/mol. The molecule has 1 saturated heterocycles. The summed E-state index contributed by atoms with van der Waals surface area (Å²) in [4.78, 5) is 14.0. The van der Waals surface area contributed by atoms with Gasteiger partial charge >= 0.3 is 6.01 Å². The molecule has 0 aromatic carbocycles. The molecule has 0 amide bonds. The van der Waals surface area contributed by atoms with Crippen LogP contribution in [0, 0.1) is 0 Å². The van der Waals surface area contributed by atoms with Crippen molar-refractivity contribution in [2.75, 3.05) is 37.6 Å². The van der Waals surface area contributed by atoms with Crippen molar-refractivity contribution in [2.45, 2.75) is 12.5 Å². The van der Waals surface area contributed by atoms with Gasteiger partial charge in [0, 0.05) is 20.5 Å². The number of hydrazine groups is 1. The number of aromatic nitrogens is 3. The summed E-state index contributed by atoms with van der Waals surface area (Å²) in [6.45, 7) is 1.27. The third kappa shape index (κ3) is 2.92. The first-order chi connectivity index (χ1) is 8.19. The lowest BCUT2D eigenvalue weighted by Crippen LogP contribution is -2.21. The molecule has 0 spiro atoms. The minimum Gasteiger partial charge on any atom is -0.457 e. The Bertz CT molecular complexity index is 380. The van der Waals surface area contributed by atoms with Crippen LogP contribution in [0.4, 0.5) is 11.9 Å². The Morgan fingerprint density at radius 3 is 2.82 bits per heavy atom. The number of anilines is 2. The van der Waals surface area contributed by atoms with Crippen LogP contribution >= 0.6 is 0 Å². The molecule has 0 aliphatic carbocycles. The summed E-state index contributed by atoms with van der Waals surface area (Å²) in [6.07, 6.45) is 0.840. The number of nitrogen functional groups attached to an aromatic ring is 1. The average Bonchev–Trinajstić information content (AvgIpc) is 2.81. The standard InChI is InChI=1S/C9H16N6O2/c1-15(2)8-11-7(14-10)12-9(13-8)17-6-3-4-16-5-6/h6H,3-5,10H2,1-2H3,(H,11,12,13,14). The summed E-state index contributed by atoms with van der Waals surface area (Å²) in [7, 11) is 3.66. The van der Waals surface area contributed by atoms with Crippen LogP contribution in [0.5, 0.6) is 6.01 Å². The van der Waals surface area contributed by atoms with Crippen LogP contribution < -0.4 is 20.9 Å². The summed E-state index contributed by atoms with van der Waals surface area (Å²) in [5.41, 5.74) is 2.39.